The number of carbonyl (C=O) groups is 1. The van der Waals surface area contributed by atoms with Gasteiger partial charge in [0, 0.05) is 24.0 Å². The fraction of sp³-hybridized carbons (Fsp3) is 0.333. The Morgan fingerprint density at radius 3 is 3.00 bits per heavy atom. The number of rotatable bonds is 1. The highest BCUT2D eigenvalue weighted by molar-refractivity contribution is 9.09. The van der Waals surface area contributed by atoms with Crippen LogP contribution in [0.4, 0.5) is 5.69 Å². The monoisotopic (exact) mass is 274 g/mol. The van der Waals surface area contributed by atoms with E-state index in [1.54, 1.807) is 23.4 Å². The topological polar surface area (TPSA) is 33.2 Å². The Labute approximate surface area is 95.2 Å². The van der Waals surface area contributed by atoms with Crippen LogP contribution in [0.25, 0.3) is 0 Å². The Bertz CT molecular complexity index is 372. The minimum Gasteiger partial charge on any atom is -0.308 e. The molecule has 1 unspecified atom stereocenters. The van der Waals surface area contributed by atoms with E-state index in [1.165, 1.54) is 0 Å². The van der Waals surface area contributed by atoms with Crippen LogP contribution in [0.2, 0.25) is 5.02 Å². The zero-order valence-electron chi connectivity index (χ0n) is 7.28. The summed E-state index contributed by atoms with van der Waals surface area (Å²) in [6.45, 7) is 0.657. The molecule has 74 valence electrons. The molecule has 1 aliphatic rings. The van der Waals surface area contributed by atoms with Gasteiger partial charge in [-0.15, -0.1) is 0 Å². The molecule has 1 aromatic heterocycles. The second kappa shape index (κ2) is 3.87. The van der Waals surface area contributed by atoms with Crippen molar-refractivity contribution in [3.05, 3.63) is 23.5 Å². The fourth-order valence-corrected chi connectivity index (χ4v) is 2.24. The molecule has 0 N–H and O–H groups in total. The van der Waals surface area contributed by atoms with Gasteiger partial charge in [-0.3, -0.25) is 9.78 Å². The summed E-state index contributed by atoms with van der Waals surface area (Å²) < 4.78 is 0. The largest absolute Gasteiger partial charge is 0.308 e. The molecule has 2 heterocycles. The van der Waals surface area contributed by atoms with Gasteiger partial charge in [-0.1, -0.05) is 27.5 Å². The maximum absolute atomic E-state index is 11.5. The molecule has 0 aromatic carbocycles. The molecule has 1 atom stereocenters. The van der Waals surface area contributed by atoms with Crippen molar-refractivity contribution in [3.63, 3.8) is 0 Å². The maximum atomic E-state index is 11.5. The van der Waals surface area contributed by atoms with E-state index in [2.05, 4.69) is 20.9 Å². The van der Waals surface area contributed by atoms with Gasteiger partial charge in [-0.25, -0.2) is 0 Å². The number of hydrogen-bond acceptors (Lipinski definition) is 2. The molecule has 1 fully saturated rings. The van der Waals surface area contributed by atoms with Crippen LogP contribution in [0.1, 0.15) is 6.42 Å². The van der Waals surface area contributed by atoms with Crippen molar-refractivity contribution in [1.82, 2.24) is 4.98 Å². The van der Waals surface area contributed by atoms with E-state index in [9.17, 15) is 4.79 Å². The van der Waals surface area contributed by atoms with Gasteiger partial charge in [-0.05, 0) is 6.07 Å². The van der Waals surface area contributed by atoms with Crippen molar-refractivity contribution in [2.75, 3.05) is 11.4 Å². The van der Waals surface area contributed by atoms with E-state index in [-0.39, 0.29) is 10.7 Å². The maximum Gasteiger partial charge on any atom is 0.228 e. The molecular weight excluding hydrogens is 267 g/mol. The molecule has 0 aliphatic carbocycles. The predicted octanol–water partition coefficient (Wildman–Crippen LogP) is 2.24. The molecule has 5 heteroatoms. The Morgan fingerprint density at radius 1 is 1.64 bits per heavy atom. The number of pyridine rings is 1. The van der Waals surface area contributed by atoms with E-state index in [4.69, 9.17) is 11.6 Å². The average Bonchev–Trinajstić information content (AvgIpc) is 2.46. The first kappa shape index (κ1) is 9.93. The first-order chi connectivity index (χ1) is 6.68. The highest BCUT2D eigenvalue weighted by Gasteiger charge is 2.29. The summed E-state index contributed by atoms with van der Waals surface area (Å²) in [6, 6.07) is 1.69. The summed E-state index contributed by atoms with van der Waals surface area (Å²) in [5, 5.41) is 0.565. The smallest absolute Gasteiger partial charge is 0.228 e. The van der Waals surface area contributed by atoms with Gasteiger partial charge in [0.05, 0.1) is 16.9 Å². The van der Waals surface area contributed by atoms with Crippen LogP contribution in [-0.2, 0) is 4.79 Å². The quantitative estimate of drug-likeness (QED) is 0.737. The number of alkyl halides is 1. The molecule has 0 spiro atoms. The molecule has 14 heavy (non-hydrogen) atoms. The van der Waals surface area contributed by atoms with Crippen LogP contribution >= 0.6 is 27.5 Å². The molecule has 0 saturated carbocycles. The third-order valence-corrected chi connectivity index (χ3v) is 3.05. The minimum absolute atomic E-state index is 0.0850. The molecule has 3 nitrogen and oxygen atoms in total. The second-order valence-corrected chi connectivity index (χ2v) is 4.83. The number of aromatic nitrogens is 1. The standard InChI is InChI=1S/C9H8BrClN2O/c10-6-3-9(14)13(5-6)8-4-12-2-1-7(8)11/h1-2,4,6H,3,5H2. The van der Waals surface area contributed by atoms with Crippen LogP contribution in [-0.4, -0.2) is 22.3 Å². The molecule has 0 bridgehead atoms. The van der Waals surface area contributed by atoms with Crippen LogP contribution < -0.4 is 4.90 Å². The Kier molecular flexibility index (Phi) is 2.74. The van der Waals surface area contributed by atoms with Crippen LogP contribution in [0.3, 0.4) is 0 Å². The normalized spacial score (nSPS) is 21.7. The van der Waals surface area contributed by atoms with Gasteiger partial charge in [0.2, 0.25) is 5.91 Å². The van der Waals surface area contributed by atoms with E-state index in [0.29, 0.717) is 23.7 Å². The fourth-order valence-electron chi connectivity index (χ4n) is 1.46. The number of halogens is 2. The number of carbonyl (C=O) groups excluding carboxylic acids is 1. The number of anilines is 1. The zero-order valence-corrected chi connectivity index (χ0v) is 9.62. The van der Waals surface area contributed by atoms with Crippen molar-refractivity contribution in [3.8, 4) is 0 Å². The summed E-state index contributed by atoms with van der Waals surface area (Å²) in [6.07, 6.45) is 3.74. The van der Waals surface area contributed by atoms with E-state index < -0.39 is 0 Å². The third-order valence-electron chi connectivity index (χ3n) is 2.12. The summed E-state index contributed by atoms with van der Waals surface area (Å²) >= 11 is 9.38. The summed E-state index contributed by atoms with van der Waals surface area (Å²) in [4.78, 5) is 17.4. The molecule has 1 aliphatic heterocycles. The molecular formula is C9H8BrClN2O. The lowest BCUT2D eigenvalue weighted by Gasteiger charge is -2.16. The lowest BCUT2D eigenvalue weighted by molar-refractivity contribution is -0.117. The van der Waals surface area contributed by atoms with Crippen LogP contribution in [0, 0.1) is 0 Å². The van der Waals surface area contributed by atoms with Gasteiger partial charge < -0.3 is 4.90 Å². The highest BCUT2D eigenvalue weighted by Crippen LogP contribution is 2.29. The van der Waals surface area contributed by atoms with Gasteiger partial charge >= 0.3 is 0 Å². The number of amides is 1. The van der Waals surface area contributed by atoms with Crippen LogP contribution in [0.15, 0.2) is 18.5 Å². The number of nitrogens with zero attached hydrogens (tertiary/aromatic N) is 2. The van der Waals surface area contributed by atoms with Crippen molar-refractivity contribution < 1.29 is 4.79 Å². The van der Waals surface area contributed by atoms with Crippen molar-refractivity contribution in [2.24, 2.45) is 0 Å². The highest BCUT2D eigenvalue weighted by atomic mass is 79.9. The van der Waals surface area contributed by atoms with Crippen molar-refractivity contribution in [1.29, 1.82) is 0 Å². The number of hydrogen-bond donors (Lipinski definition) is 0. The summed E-state index contributed by atoms with van der Waals surface area (Å²) in [5.41, 5.74) is 0.695. The molecule has 2 rings (SSSR count). The Hall–Kier alpha value is -0.610. The van der Waals surface area contributed by atoms with E-state index >= 15 is 0 Å². The first-order valence-electron chi connectivity index (χ1n) is 4.22. The van der Waals surface area contributed by atoms with Gasteiger partial charge in [0.1, 0.15) is 0 Å². The molecule has 0 radical (unpaired) electrons. The van der Waals surface area contributed by atoms with E-state index in [0.717, 1.165) is 0 Å². The summed E-state index contributed by atoms with van der Waals surface area (Å²) in [5.74, 6) is 0.0850. The Morgan fingerprint density at radius 2 is 2.43 bits per heavy atom. The second-order valence-electron chi connectivity index (χ2n) is 3.13. The van der Waals surface area contributed by atoms with Crippen molar-refractivity contribution in [2.45, 2.75) is 11.2 Å². The Balaban J connectivity index is 2.32. The lowest BCUT2D eigenvalue weighted by atomic mass is 10.4. The first-order valence-corrected chi connectivity index (χ1v) is 5.52. The molecule has 1 amide bonds. The minimum atomic E-state index is 0.0850. The predicted molar refractivity (Wildman–Crippen MR) is 58.9 cm³/mol. The lowest BCUT2D eigenvalue weighted by Crippen LogP contribution is -2.24. The molecule has 1 aromatic rings. The SMILES string of the molecule is O=C1CC(Br)CN1c1cnccc1Cl. The zero-order chi connectivity index (χ0) is 10.1. The van der Waals surface area contributed by atoms with E-state index in [1.807, 2.05) is 0 Å². The van der Waals surface area contributed by atoms with Crippen molar-refractivity contribution >= 4 is 39.1 Å². The average molecular weight is 276 g/mol. The van der Waals surface area contributed by atoms with Gasteiger partial charge in [0.25, 0.3) is 0 Å². The van der Waals surface area contributed by atoms with Gasteiger partial charge in [0.15, 0.2) is 0 Å². The molecule has 1 saturated heterocycles. The van der Waals surface area contributed by atoms with Gasteiger partial charge in [-0.2, -0.15) is 0 Å². The summed E-state index contributed by atoms with van der Waals surface area (Å²) in [7, 11) is 0. The van der Waals surface area contributed by atoms with Crippen LogP contribution in [0.5, 0.6) is 0 Å². The third kappa shape index (κ3) is 1.77.